The second-order valence-corrected chi connectivity index (χ2v) is 9.97. The number of nitrogens with zero attached hydrogens (tertiary/aromatic N) is 1. The average Bonchev–Trinajstić information content (AvgIpc) is 2.74. The Morgan fingerprint density at radius 3 is 2.09 bits per heavy atom. The highest BCUT2D eigenvalue weighted by Gasteiger charge is 2.37. The van der Waals surface area contributed by atoms with E-state index in [2.05, 4.69) is 35.9 Å². The molecule has 1 unspecified atom stereocenters. The van der Waals surface area contributed by atoms with Crippen LogP contribution in [0.15, 0.2) is 12.1 Å². The van der Waals surface area contributed by atoms with E-state index in [1.165, 1.54) is 26.4 Å². The van der Waals surface area contributed by atoms with Gasteiger partial charge in [0.15, 0.2) is 0 Å². The molecule has 9 nitrogen and oxygen atoms in total. The van der Waals surface area contributed by atoms with Crippen molar-refractivity contribution in [1.82, 2.24) is 10.6 Å². The van der Waals surface area contributed by atoms with Crippen LogP contribution in [0.4, 0.5) is 10.5 Å². The zero-order valence-electron chi connectivity index (χ0n) is 19.0. The topological polar surface area (TPSA) is 106 Å². The molecule has 1 atom stereocenters. The number of carbonyl (C=O) groups excluding carboxylic acids is 3. The molecule has 0 bridgehead atoms. The quantitative estimate of drug-likeness (QED) is 0.237. The third-order valence-corrected chi connectivity index (χ3v) is 4.86. The first-order chi connectivity index (χ1) is 15.3. The zero-order valence-corrected chi connectivity index (χ0v) is 22.5. The maximum atomic E-state index is 13.3. The molecule has 1 aromatic carbocycles. The summed E-state index contributed by atoms with van der Waals surface area (Å²) < 4.78 is 15.6. The lowest BCUT2D eigenvalue weighted by Crippen LogP contribution is -2.45. The summed E-state index contributed by atoms with van der Waals surface area (Å²) in [5.74, 6) is -1.10. The van der Waals surface area contributed by atoms with Crippen LogP contribution in [-0.2, 0) is 14.3 Å². The molecule has 33 heavy (non-hydrogen) atoms. The number of amides is 2. The molecule has 2 N–H and O–H groups in total. The molecule has 13 heteroatoms. The Labute approximate surface area is 214 Å². The molecular formula is C20H27N3O6S4. The molecule has 0 aromatic heterocycles. The maximum absolute atomic E-state index is 13.3. The van der Waals surface area contributed by atoms with Crippen LogP contribution in [0, 0.1) is 5.41 Å². The molecule has 1 rings (SSSR count). The number of ether oxygens (including phenoxy) is 3. The molecule has 2 amide bonds. The molecule has 0 aliphatic carbocycles. The van der Waals surface area contributed by atoms with Gasteiger partial charge in [-0.1, -0.05) is 45.2 Å². The van der Waals surface area contributed by atoms with E-state index in [-0.39, 0.29) is 32.2 Å². The van der Waals surface area contributed by atoms with Crippen LogP contribution in [-0.4, -0.2) is 54.5 Å². The van der Waals surface area contributed by atoms with Gasteiger partial charge in [0, 0.05) is 17.5 Å². The Hall–Kier alpha value is -2.09. The summed E-state index contributed by atoms with van der Waals surface area (Å²) in [6, 6.07) is 2.06. The summed E-state index contributed by atoms with van der Waals surface area (Å²) in [7, 11) is 3.73. The van der Waals surface area contributed by atoms with Gasteiger partial charge in [-0.25, -0.2) is 14.5 Å². The van der Waals surface area contributed by atoms with Crippen LogP contribution in [0.3, 0.4) is 0 Å². The van der Waals surface area contributed by atoms with Gasteiger partial charge >= 0.3 is 12.1 Å². The molecule has 1 aromatic rings. The van der Waals surface area contributed by atoms with Crippen molar-refractivity contribution in [1.29, 1.82) is 0 Å². The highest BCUT2D eigenvalue weighted by molar-refractivity contribution is 8.11. The molecule has 0 heterocycles. The van der Waals surface area contributed by atoms with Gasteiger partial charge in [0.05, 0.1) is 38.6 Å². The minimum atomic E-state index is -0.980. The lowest BCUT2D eigenvalue weighted by atomic mass is 9.93. The van der Waals surface area contributed by atoms with Crippen LogP contribution in [0.25, 0.3) is 0 Å². The van der Waals surface area contributed by atoms with Crippen LogP contribution < -0.4 is 20.3 Å². The second-order valence-electron chi connectivity index (χ2n) is 7.65. The number of hydrogen-bond donors (Lipinski definition) is 4. The van der Waals surface area contributed by atoms with E-state index in [0.717, 1.165) is 12.0 Å². The highest BCUT2D eigenvalue weighted by Crippen LogP contribution is 2.39. The van der Waals surface area contributed by atoms with E-state index in [4.69, 9.17) is 38.6 Å². The first kappa shape index (κ1) is 28.9. The third-order valence-electron chi connectivity index (χ3n) is 4.31. The Balaban J connectivity index is 4.03. The van der Waals surface area contributed by atoms with Crippen molar-refractivity contribution in [3.8, 4) is 5.75 Å². The van der Waals surface area contributed by atoms with Crippen molar-refractivity contribution in [2.24, 2.45) is 5.41 Å². The molecule has 0 spiro atoms. The van der Waals surface area contributed by atoms with Crippen molar-refractivity contribution in [2.75, 3.05) is 32.8 Å². The standard InChI is InChI=1S/C20H27N3O6S4/c1-20(2,3)16(25)23(19(26)29-6)12-7-10(15(24)28-5)8-13(27-4)14(12)11(22-18(32)33)9-21-17(30)31/h7-8,11H,9H2,1-6H3,(H2,21,30,31)(H2,22,32,33). The molecule has 0 aliphatic heterocycles. The molecule has 0 radical (unpaired) electrons. The van der Waals surface area contributed by atoms with Crippen molar-refractivity contribution in [3.63, 3.8) is 0 Å². The number of anilines is 1. The molecular weight excluding hydrogens is 507 g/mol. The number of thiol groups is 2. The Bertz CT molecular complexity index is 948. The zero-order chi connectivity index (χ0) is 25.5. The number of rotatable bonds is 7. The predicted molar refractivity (Wildman–Crippen MR) is 141 cm³/mol. The fourth-order valence-corrected chi connectivity index (χ4v) is 3.31. The third kappa shape index (κ3) is 7.73. The fourth-order valence-electron chi connectivity index (χ4n) is 2.83. The number of imide groups is 1. The number of hydrogen-bond acceptors (Lipinski definition) is 8. The first-order valence-corrected chi connectivity index (χ1v) is 11.2. The monoisotopic (exact) mass is 533 g/mol. The fraction of sp³-hybridized carbons (Fsp3) is 0.450. The van der Waals surface area contributed by atoms with Gasteiger partial charge in [0.25, 0.3) is 0 Å². The highest BCUT2D eigenvalue weighted by atomic mass is 32.1. The van der Waals surface area contributed by atoms with Gasteiger partial charge < -0.3 is 24.8 Å². The number of carbonyl (C=O) groups is 3. The average molecular weight is 534 g/mol. The number of benzene rings is 1. The lowest BCUT2D eigenvalue weighted by Gasteiger charge is -2.32. The van der Waals surface area contributed by atoms with E-state index < -0.39 is 29.4 Å². The van der Waals surface area contributed by atoms with Gasteiger partial charge in [-0.05, 0) is 12.1 Å². The molecule has 0 aliphatic rings. The van der Waals surface area contributed by atoms with Crippen molar-refractivity contribution in [3.05, 3.63) is 23.3 Å². The van der Waals surface area contributed by atoms with Gasteiger partial charge in [-0.15, -0.1) is 25.3 Å². The van der Waals surface area contributed by atoms with Crippen molar-refractivity contribution < 1.29 is 28.6 Å². The van der Waals surface area contributed by atoms with Crippen LogP contribution in [0.5, 0.6) is 5.75 Å². The Morgan fingerprint density at radius 1 is 1.06 bits per heavy atom. The number of esters is 1. The van der Waals surface area contributed by atoms with E-state index in [0.29, 0.717) is 5.56 Å². The molecule has 0 saturated carbocycles. The maximum Gasteiger partial charge on any atom is 0.420 e. The summed E-state index contributed by atoms with van der Waals surface area (Å²) in [4.78, 5) is 39.4. The normalized spacial score (nSPS) is 11.6. The lowest BCUT2D eigenvalue weighted by molar-refractivity contribution is -0.125. The van der Waals surface area contributed by atoms with Crippen molar-refractivity contribution >= 4 is 82.0 Å². The summed E-state index contributed by atoms with van der Waals surface area (Å²) >= 11 is 18.3. The SMILES string of the molecule is COC(=O)c1cc(OC)c(C(CNC(=S)S)NC(=S)S)c(N(C(=O)OC)C(=O)C(C)(C)C)c1. The van der Waals surface area contributed by atoms with Crippen molar-refractivity contribution in [2.45, 2.75) is 26.8 Å². The van der Waals surface area contributed by atoms with Crippen LogP contribution in [0.2, 0.25) is 0 Å². The largest absolute Gasteiger partial charge is 0.496 e. The van der Waals surface area contributed by atoms with E-state index in [9.17, 15) is 14.4 Å². The summed E-state index contributed by atoms with van der Waals surface area (Å²) in [6.07, 6.45) is -0.954. The predicted octanol–water partition coefficient (Wildman–Crippen LogP) is 3.28. The van der Waals surface area contributed by atoms with E-state index in [1.807, 2.05) is 0 Å². The van der Waals surface area contributed by atoms with Gasteiger partial charge in [-0.2, -0.15) is 0 Å². The summed E-state index contributed by atoms with van der Waals surface area (Å²) in [5.41, 5.74) is -0.571. The number of thiocarbonyl (C=S) groups is 2. The number of methoxy groups -OCH3 is 3. The minimum Gasteiger partial charge on any atom is -0.496 e. The van der Waals surface area contributed by atoms with Gasteiger partial charge in [0.2, 0.25) is 5.91 Å². The van der Waals surface area contributed by atoms with E-state index >= 15 is 0 Å². The second kappa shape index (κ2) is 12.4. The van der Waals surface area contributed by atoms with Gasteiger partial charge in [-0.3, -0.25) is 4.79 Å². The Morgan fingerprint density at radius 2 is 1.67 bits per heavy atom. The van der Waals surface area contributed by atoms with Crippen LogP contribution in [0.1, 0.15) is 42.7 Å². The molecule has 0 fully saturated rings. The minimum absolute atomic E-state index is 0.0375. The summed E-state index contributed by atoms with van der Waals surface area (Å²) in [5, 5.41) is 5.86. The molecule has 0 saturated heterocycles. The first-order valence-electron chi connectivity index (χ1n) is 9.47. The van der Waals surface area contributed by atoms with Crippen LogP contribution >= 0.6 is 49.7 Å². The number of nitrogens with one attached hydrogen (secondary N) is 2. The summed E-state index contributed by atoms with van der Waals surface area (Å²) in [6.45, 7) is 5.06. The Kier molecular flexibility index (Phi) is 10.9. The van der Waals surface area contributed by atoms with E-state index in [1.54, 1.807) is 20.8 Å². The smallest absolute Gasteiger partial charge is 0.420 e. The van der Waals surface area contributed by atoms with Gasteiger partial charge in [0.1, 0.15) is 14.4 Å². The molecule has 182 valence electrons.